The Morgan fingerprint density at radius 1 is 0.941 bits per heavy atom. The summed E-state index contributed by atoms with van der Waals surface area (Å²) in [5, 5.41) is 0.843. The first-order valence-corrected chi connectivity index (χ1v) is 6.89. The predicted octanol–water partition coefficient (Wildman–Crippen LogP) is 3.04. The molecule has 2 rings (SSSR count). The van der Waals surface area contributed by atoms with Gasteiger partial charge in [0.15, 0.2) is 0 Å². The number of carbonyl (C=O) groups is 1. The molecule has 85 valence electrons. The van der Waals surface area contributed by atoms with E-state index in [1.54, 1.807) is 12.1 Å². The number of carbonyl (C=O) groups excluding carboxylic acids is 1. The van der Waals surface area contributed by atoms with Gasteiger partial charge in [0, 0.05) is 0 Å². The fourth-order valence-corrected chi connectivity index (χ4v) is 2.39. The Morgan fingerprint density at radius 2 is 1.53 bits per heavy atom. The molecule has 0 spiro atoms. The van der Waals surface area contributed by atoms with Crippen molar-refractivity contribution >= 4 is 5.97 Å². The van der Waals surface area contributed by atoms with Crippen LogP contribution in [0.15, 0.2) is 60.7 Å². The molecule has 0 aliphatic rings. The van der Waals surface area contributed by atoms with Crippen molar-refractivity contribution in [3.05, 3.63) is 71.8 Å². The van der Waals surface area contributed by atoms with Crippen molar-refractivity contribution in [3.8, 4) is 0 Å². The zero-order valence-corrected chi connectivity index (χ0v) is 10.6. The van der Waals surface area contributed by atoms with E-state index in [1.807, 2.05) is 48.5 Å². The topological polar surface area (TPSA) is 26.3 Å². The summed E-state index contributed by atoms with van der Waals surface area (Å²) in [6.07, 6.45) is 0. The monoisotopic (exact) mass is 263 g/mol. The van der Waals surface area contributed by atoms with Crippen molar-refractivity contribution in [1.82, 2.24) is 0 Å². The van der Waals surface area contributed by atoms with Gasteiger partial charge in [-0.2, -0.15) is 0 Å². The van der Waals surface area contributed by atoms with Crippen molar-refractivity contribution in [3.63, 3.8) is 0 Å². The molecule has 0 radical (unpaired) electrons. The van der Waals surface area contributed by atoms with Gasteiger partial charge in [0.1, 0.15) is 0 Å². The average Bonchev–Trinajstić information content (AvgIpc) is 2.41. The Balaban J connectivity index is 1.82. The first-order valence-electron chi connectivity index (χ1n) is 5.33. The van der Waals surface area contributed by atoms with E-state index in [4.69, 9.17) is 3.66 Å². The molecule has 3 heteroatoms. The zero-order valence-electron chi connectivity index (χ0n) is 9.24. The van der Waals surface area contributed by atoms with Gasteiger partial charge < -0.3 is 0 Å². The van der Waals surface area contributed by atoms with Crippen LogP contribution in [-0.4, -0.2) is 5.97 Å². The standard InChI is InChI=1S/C7H6O2.C7H7.V/c8-7(9)6-4-2-1-3-5-6;1-7-5-3-2-4-6-7;/h1-5H,(H,8,9);2-6H,1H2;/q;;+1/p-1. The maximum atomic E-state index is 11.6. The molecule has 0 unspecified atom stereocenters. The first-order chi connectivity index (χ1) is 8.36. The van der Waals surface area contributed by atoms with Crippen LogP contribution >= 0.6 is 0 Å². The van der Waals surface area contributed by atoms with Crippen molar-refractivity contribution in [2.45, 2.75) is 5.13 Å². The molecule has 0 amide bonds. The van der Waals surface area contributed by atoms with Crippen LogP contribution in [0.3, 0.4) is 0 Å². The van der Waals surface area contributed by atoms with E-state index in [-0.39, 0.29) is 5.97 Å². The molecule has 2 aromatic carbocycles. The van der Waals surface area contributed by atoms with Crippen LogP contribution in [0.4, 0.5) is 0 Å². The Kier molecular flexibility index (Phi) is 4.42. The third-order valence-corrected chi connectivity index (χ3v) is 3.48. The molecule has 17 heavy (non-hydrogen) atoms. The van der Waals surface area contributed by atoms with E-state index < -0.39 is 16.6 Å². The zero-order chi connectivity index (χ0) is 11.9. The quantitative estimate of drug-likeness (QED) is 0.847. The van der Waals surface area contributed by atoms with Crippen LogP contribution in [0, 0.1) is 0 Å². The fourth-order valence-electron chi connectivity index (χ4n) is 1.38. The molecule has 0 saturated heterocycles. The third kappa shape index (κ3) is 3.77. The predicted molar refractivity (Wildman–Crippen MR) is 62.0 cm³/mol. The fraction of sp³-hybridized carbons (Fsp3) is 0.0714. The summed E-state index contributed by atoms with van der Waals surface area (Å²) in [6, 6.07) is 19.2. The van der Waals surface area contributed by atoms with Gasteiger partial charge in [-0.05, 0) is 0 Å². The summed E-state index contributed by atoms with van der Waals surface area (Å²) < 4.78 is 5.29. The van der Waals surface area contributed by atoms with Gasteiger partial charge in [-0.15, -0.1) is 0 Å². The second-order valence-electron chi connectivity index (χ2n) is 3.52. The molecule has 0 saturated carbocycles. The van der Waals surface area contributed by atoms with Gasteiger partial charge in [0.05, 0.1) is 0 Å². The Hall–Kier alpha value is -1.51. The minimum atomic E-state index is -0.424. The van der Waals surface area contributed by atoms with Crippen molar-refractivity contribution in [2.24, 2.45) is 0 Å². The summed E-state index contributed by atoms with van der Waals surface area (Å²) in [5.74, 6) is -0.221. The Morgan fingerprint density at radius 3 is 2.18 bits per heavy atom. The Labute approximate surface area is 108 Å². The molecule has 0 aromatic heterocycles. The van der Waals surface area contributed by atoms with E-state index in [9.17, 15) is 4.79 Å². The van der Waals surface area contributed by atoms with Gasteiger partial charge >= 0.3 is 108 Å². The van der Waals surface area contributed by atoms with E-state index in [1.165, 1.54) is 5.56 Å². The molecule has 0 fully saturated rings. The molecule has 2 aromatic rings. The van der Waals surface area contributed by atoms with Gasteiger partial charge in [-0.3, -0.25) is 0 Å². The maximum absolute atomic E-state index is 11.6. The molecule has 0 heterocycles. The normalized spacial score (nSPS) is 9.65. The second-order valence-corrected chi connectivity index (χ2v) is 4.70. The van der Waals surface area contributed by atoms with Crippen molar-refractivity contribution in [2.75, 3.05) is 0 Å². The second kappa shape index (κ2) is 6.28. The molecular weight excluding hydrogens is 251 g/mol. The van der Waals surface area contributed by atoms with Crippen molar-refractivity contribution in [1.29, 1.82) is 0 Å². The van der Waals surface area contributed by atoms with Gasteiger partial charge in [-0.25, -0.2) is 0 Å². The van der Waals surface area contributed by atoms with Crippen LogP contribution < -0.4 is 0 Å². The minimum absolute atomic E-state index is 0.221. The van der Waals surface area contributed by atoms with Gasteiger partial charge in [-0.1, -0.05) is 0 Å². The summed E-state index contributed by atoms with van der Waals surface area (Å²) in [4.78, 5) is 11.6. The molecule has 2 nitrogen and oxygen atoms in total. The van der Waals surface area contributed by atoms with Gasteiger partial charge in [0.2, 0.25) is 0 Å². The van der Waals surface area contributed by atoms with E-state index in [0.717, 1.165) is 5.13 Å². The molecule has 0 bridgehead atoms. The number of hydrogen-bond acceptors (Lipinski definition) is 2. The number of hydrogen-bond donors (Lipinski definition) is 0. The third-order valence-electron chi connectivity index (χ3n) is 2.25. The first kappa shape index (κ1) is 12.0. The van der Waals surface area contributed by atoms with E-state index in [2.05, 4.69) is 0 Å². The van der Waals surface area contributed by atoms with Crippen LogP contribution in [0.2, 0.25) is 0 Å². The molecule has 0 atom stereocenters. The molecule has 0 N–H and O–H groups in total. The van der Waals surface area contributed by atoms with Gasteiger partial charge in [0.25, 0.3) is 0 Å². The Bertz CT molecular complexity index is 468. The van der Waals surface area contributed by atoms with Crippen LogP contribution in [-0.2, 0) is 25.4 Å². The molecular formula is C14H12O2V. The van der Waals surface area contributed by atoms with Crippen molar-refractivity contribution < 1.29 is 25.1 Å². The van der Waals surface area contributed by atoms with E-state index in [0.29, 0.717) is 5.56 Å². The van der Waals surface area contributed by atoms with Crippen LogP contribution in [0.1, 0.15) is 15.9 Å². The average molecular weight is 263 g/mol. The van der Waals surface area contributed by atoms with Crippen LogP contribution in [0.25, 0.3) is 0 Å². The summed E-state index contributed by atoms with van der Waals surface area (Å²) in [7, 11) is 0. The number of benzene rings is 2. The molecule has 0 aliphatic heterocycles. The molecule has 0 aliphatic carbocycles. The summed E-state index contributed by atoms with van der Waals surface area (Å²) in [5.41, 5.74) is 1.84. The van der Waals surface area contributed by atoms with Crippen LogP contribution in [0.5, 0.6) is 0 Å². The summed E-state index contributed by atoms with van der Waals surface area (Å²) >= 11 is -0.424. The SMILES string of the molecule is O=C([O][V][CH2]c1ccccc1)c1ccccc1. The number of rotatable bonds is 4. The summed E-state index contributed by atoms with van der Waals surface area (Å²) in [6.45, 7) is 0. The van der Waals surface area contributed by atoms with E-state index >= 15 is 0 Å².